The normalized spacial score (nSPS) is 10.2. The molecule has 0 spiro atoms. The second kappa shape index (κ2) is 6.31. The van der Waals surface area contributed by atoms with Crippen molar-refractivity contribution < 1.29 is 0 Å². The summed E-state index contributed by atoms with van der Waals surface area (Å²) < 4.78 is 1.17. The van der Waals surface area contributed by atoms with E-state index in [0.29, 0.717) is 11.7 Å². The highest BCUT2D eigenvalue weighted by atomic mass is 127. The SMILES string of the molecule is NCc1ccc(N(C(N)=S)c2ccc(I)cc2)cc1. The summed E-state index contributed by atoms with van der Waals surface area (Å²) in [7, 11) is 0. The highest BCUT2D eigenvalue weighted by Gasteiger charge is 2.11. The Labute approximate surface area is 131 Å². The predicted molar refractivity (Wildman–Crippen MR) is 92.4 cm³/mol. The van der Waals surface area contributed by atoms with Gasteiger partial charge in [-0.25, -0.2) is 0 Å². The van der Waals surface area contributed by atoms with Crippen molar-refractivity contribution >= 4 is 51.3 Å². The highest BCUT2D eigenvalue weighted by Crippen LogP contribution is 2.26. The number of benzene rings is 2. The maximum absolute atomic E-state index is 5.84. The van der Waals surface area contributed by atoms with Crippen LogP contribution in [0.3, 0.4) is 0 Å². The van der Waals surface area contributed by atoms with E-state index in [1.807, 2.05) is 53.4 Å². The zero-order chi connectivity index (χ0) is 13.8. The van der Waals surface area contributed by atoms with Crippen LogP contribution in [0.5, 0.6) is 0 Å². The quantitative estimate of drug-likeness (QED) is 0.632. The zero-order valence-electron chi connectivity index (χ0n) is 10.2. The Morgan fingerprint density at radius 1 is 1.00 bits per heavy atom. The van der Waals surface area contributed by atoms with Gasteiger partial charge in [-0.3, -0.25) is 4.90 Å². The Hall–Kier alpha value is -1.18. The van der Waals surface area contributed by atoms with Gasteiger partial charge >= 0.3 is 0 Å². The first-order valence-electron chi connectivity index (χ1n) is 5.76. The molecule has 2 aromatic rings. The monoisotopic (exact) mass is 383 g/mol. The Bertz CT molecular complexity index is 566. The fourth-order valence-corrected chi connectivity index (χ4v) is 2.35. The molecule has 0 aliphatic carbocycles. The molecular formula is C14H14IN3S. The smallest absolute Gasteiger partial charge is 0.175 e. The van der Waals surface area contributed by atoms with Crippen molar-refractivity contribution in [1.82, 2.24) is 0 Å². The van der Waals surface area contributed by atoms with E-state index in [1.165, 1.54) is 3.57 Å². The highest BCUT2D eigenvalue weighted by molar-refractivity contribution is 14.1. The Balaban J connectivity index is 2.39. The van der Waals surface area contributed by atoms with E-state index in [0.717, 1.165) is 16.9 Å². The lowest BCUT2D eigenvalue weighted by molar-refractivity contribution is 1.07. The molecule has 2 rings (SSSR count). The lowest BCUT2D eigenvalue weighted by Gasteiger charge is -2.23. The molecule has 0 heterocycles. The predicted octanol–water partition coefficient (Wildman–Crippen LogP) is 3.13. The van der Waals surface area contributed by atoms with Crippen LogP contribution in [-0.4, -0.2) is 5.11 Å². The number of halogens is 1. The van der Waals surface area contributed by atoms with Gasteiger partial charge < -0.3 is 11.5 Å². The average Bonchev–Trinajstić information content (AvgIpc) is 2.42. The van der Waals surface area contributed by atoms with Gasteiger partial charge in [-0.1, -0.05) is 12.1 Å². The zero-order valence-corrected chi connectivity index (χ0v) is 13.2. The molecular weight excluding hydrogens is 369 g/mol. The van der Waals surface area contributed by atoms with Crippen LogP contribution in [0, 0.1) is 3.57 Å². The molecule has 0 fully saturated rings. The minimum Gasteiger partial charge on any atom is -0.376 e. The van der Waals surface area contributed by atoms with Gasteiger partial charge in [0.2, 0.25) is 0 Å². The number of thiocarbonyl (C=S) groups is 1. The van der Waals surface area contributed by atoms with Crippen molar-refractivity contribution in [3.05, 3.63) is 57.7 Å². The van der Waals surface area contributed by atoms with E-state index < -0.39 is 0 Å². The first kappa shape index (κ1) is 14.2. The molecule has 0 saturated carbocycles. The van der Waals surface area contributed by atoms with E-state index in [4.69, 9.17) is 23.7 Å². The van der Waals surface area contributed by atoms with E-state index in [9.17, 15) is 0 Å². The minimum atomic E-state index is 0.321. The molecule has 0 saturated heterocycles. The third kappa shape index (κ3) is 3.43. The molecule has 0 aliphatic rings. The largest absolute Gasteiger partial charge is 0.376 e. The van der Waals surface area contributed by atoms with Crippen LogP contribution >= 0.6 is 34.8 Å². The number of nitrogens with two attached hydrogens (primary N) is 2. The minimum absolute atomic E-state index is 0.321. The molecule has 0 aliphatic heterocycles. The first-order valence-corrected chi connectivity index (χ1v) is 7.24. The molecule has 4 N–H and O–H groups in total. The van der Waals surface area contributed by atoms with Crippen LogP contribution in [0.25, 0.3) is 0 Å². The van der Waals surface area contributed by atoms with E-state index in [2.05, 4.69) is 22.6 Å². The summed E-state index contributed by atoms with van der Waals surface area (Å²) in [5, 5.41) is 0.321. The van der Waals surface area contributed by atoms with Gasteiger partial charge in [0.25, 0.3) is 0 Å². The van der Waals surface area contributed by atoms with Crippen LogP contribution in [0.2, 0.25) is 0 Å². The number of nitrogens with zero attached hydrogens (tertiary/aromatic N) is 1. The molecule has 19 heavy (non-hydrogen) atoms. The fraction of sp³-hybridized carbons (Fsp3) is 0.0714. The van der Waals surface area contributed by atoms with Gasteiger partial charge in [0.1, 0.15) is 0 Å². The Kier molecular flexibility index (Phi) is 4.73. The van der Waals surface area contributed by atoms with Crippen molar-refractivity contribution in [3.63, 3.8) is 0 Å². The molecule has 0 bridgehead atoms. The fourth-order valence-electron chi connectivity index (χ4n) is 1.77. The summed E-state index contributed by atoms with van der Waals surface area (Å²) in [5.41, 5.74) is 14.4. The Morgan fingerprint density at radius 2 is 1.47 bits per heavy atom. The number of hydrogen-bond acceptors (Lipinski definition) is 2. The first-order chi connectivity index (χ1) is 9.11. The van der Waals surface area contributed by atoms with Gasteiger partial charge in [0.05, 0.1) is 0 Å². The lowest BCUT2D eigenvalue weighted by atomic mass is 10.2. The average molecular weight is 383 g/mol. The van der Waals surface area contributed by atoms with Crippen LogP contribution in [-0.2, 0) is 6.54 Å². The van der Waals surface area contributed by atoms with Gasteiger partial charge in [0.15, 0.2) is 5.11 Å². The summed E-state index contributed by atoms with van der Waals surface area (Å²) in [6, 6.07) is 15.9. The number of hydrogen-bond donors (Lipinski definition) is 2. The standard InChI is InChI=1S/C14H14IN3S/c15-11-3-7-13(8-4-11)18(14(17)19)12-5-1-10(9-16)2-6-12/h1-8H,9,16H2,(H2,17,19). The second-order valence-electron chi connectivity index (χ2n) is 4.02. The van der Waals surface area contributed by atoms with Crippen molar-refractivity contribution in [1.29, 1.82) is 0 Å². The summed E-state index contributed by atoms with van der Waals surface area (Å²) in [4.78, 5) is 1.84. The molecule has 5 heteroatoms. The molecule has 0 amide bonds. The third-order valence-corrected chi connectivity index (χ3v) is 3.64. The van der Waals surface area contributed by atoms with Crippen molar-refractivity contribution in [2.45, 2.75) is 6.54 Å². The van der Waals surface area contributed by atoms with Gasteiger partial charge in [-0.15, -0.1) is 0 Å². The summed E-state index contributed by atoms with van der Waals surface area (Å²) in [6.45, 7) is 0.525. The van der Waals surface area contributed by atoms with Crippen LogP contribution in [0.15, 0.2) is 48.5 Å². The molecule has 0 atom stereocenters. The van der Waals surface area contributed by atoms with Crippen LogP contribution < -0.4 is 16.4 Å². The Morgan fingerprint density at radius 3 is 1.89 bits per heavy atom. The number of anilines is 2. The van der Waals surface area contributed by atoms with Crippen LogP contribution in [0.1, 0.15) is 5.56 Å². The van der Waals surface area contributed by atoms with E-state index in [-0.39, 0.29) is 0 Å². The molecule has 0 unspecified atom stereocenters. The van der Waals surface area contributed by atoms with E-state index >= 15 is 0 Å². The van der Waals surface area contributed by atoms with Crippen molar-refractivity contribution in [2.75, 3.05) is 4.90 Å². The molecule has 98 valence electrons. The molecule has 0 aromatic heterocycles. The summed E-state index contributed by atoms with van der Waals surface area (Å²) in [5.74, 6) is 0. The van der Waals surface area contributed by atoms with E-state index in [1.54, 1.807) is 0 Å². The van der Waals surface area contributed by atoms with Crippen molar-refractivity contribution in [3.8, 4) is 0 Å². The molecule has 0 radical (unpaired) electrons. The summed E-state index contributed by atoms with van der Waals surface area (Å²) >= 11 is 7.42. The number of rotatable bonds is 3. The topological polar surface area (TPSA) is 55.3 Å². The summed E-state index contributed by atoms with van der Waals surface area (Å²) in [6.07, 6.45) is 0. The van der Waals surface area contributed by atoms with Gasteiger partial charge in [-0.2, -0.15) is 0 Å². The molecule has 2 aromatic carbocycles. The molecule has 3 nitrogen and oxygen atoms in total. The maximum Gasteiger partial charge on any atom is 0.175 e. The van der Waals surface area contributed by atoms with Gasteiger partial charge in [-0.05, 0) is 76.8 Å². The lowest BCUT2D eigenvalue weighted by Crippen LogP contribution is -2.31. The second-order valence-corrected chi connectivity index (χ2v) is 5.68. The van der Waals surface area contributed by atoms with Crippen LogP contribution in [0.4, 0.5) is 11.4 Å². The van der Waals surface area contributed by atoms with Crippen molar-refractivity contribution in [2.24, 2.45) is 11.5 Å². The maximum atomic E-state index is 5.84. The third-order valence-electron chi connectivity index (χ3n) is 2.74. The van der Waals surface area contributed by atoms with Gasteiger partial charge in [0, 0.05) is 21.5 Å².